The minimum Gasteiger partial charge on any atom is -0.394 e. The highest BCUT2D eigenvalue weighted by molar-refractivity contribution is 5.43. The average Bonchev–Trinajstić information content (AvgIpc) is 2.19. The second-order valence-corrected chi connectivity index (χ2v) is 2.85. The van der Waals surface area contributed by atoms with Crippen molar-refractivity contribution in [2.45, 2.75) is 6.10 Å². The molecule has 1 rings (SSSR count). The number of hydrogen-bond acceptors (Lipinski definition) is 3. The van der Waals surface area contributed by atoms with E-state index in [9.17, 15) is 8.78 Å². The number of hydrogen-bond donors (Lipinski definition) is 3. The van der Waals surface area contributed by atoms with Crippen molar-refractivity contribution in [2.75, 3.05) is 18.5 Å². The van der Waals surface area contributed by atoms with Gasteiger partial charge in [-0.15, -0.1) is 0 Å². The molecule has 78 valence electrons. The standard InChI is InChI=1S/C9H11F2NO2/c10-8-2-1-6(3-9(8)11)12-4-7(14)5-13/h1-3,7,12-14H,4-5H2. The van der Waals surface area contributed by atoms with E-state index < -0.39 is 17.7 Å². The van der Waals surface area contributed by atoms with E-state index in [1.807, 2.05) is 0 Å². The van der Waals surface area contributed by atoms with E-state index in [0.29, 0.717) is 5.69 Å². The number of benzene rings is 1. The molecule has 0 aliphatic carbocycles. The number of aliphatic hydroxyl groups is 2. The van der Waals surface area contributed by atoms with Gasteiger partial charge in [0.25, 0.3) is 0 Å². The number of nitrogens with one attached hydrogen (secondary N) is 1. The topological polar surface area (TPSA) is 52.5 Å². The Labute approximate surface area is 80.0 Å². The van der Waals surface area contributed by atoms with Gasteiger partial charge in [-0.2, -0.15) is 0 Å². The molecule has 0 bridgehead atoms. The highest BCUT2D eigenvalue weighted by Crippen LogP contribution is 2.12. The smallest absolute Gasteiger partial charge is 0.160 e. The molecule has 0 heterocycles. The first-order valence-electron chi connectivity index (χ1n) is 4.11. The van der Waals surface area contributed by atoms with E-state index in [-0.39, 0.29) is 13.2 Å². The molecular weight excluding hydrogens is 192 g/mol. The SMILES string of the molecule is OCC(O)CNc1ccc(F)c(F)c1. The molecule has 1 atom stereocenters. The molecule has 5 heteroatoms. The van der Waals surface area contributed by atoms with Crippen molar-refractivity contribution in [1.29, 1.82) is 0 Å². The van der Waals surface area contributed by atoms with Gasteiger partial charge in [-0.25, -0.2) is 8.78 Å². The van der Waals surface area contributed by atoms with Crippen molar-refractivity contribution in [2.24, 2.45) is 0 Å². The largest absolute Gasteiger partial charge is 0.394 e. The predicted molar refractivity (Wildman–Crippen MR) is 47.9 cm³/mol. The van der Waals surface area contributed by atoms with Gasteiger partial charge in [-0.3, -0.25) is 0 Å². The average molecular weight is 203 g/mol. The van der Waals surface area contributed by atoms with Gasteiger partial charge in [0, 0.05) is 18.3 Å². The summed E-state index contributed by atoms with van der Waals surface area (Å²) < 4.78 is 25.1. The molecule has 14 heavy (non-hydrogen) atoms. The Hall–Kier alpha value is -1.20. The number of anilines is 1. The lowest BCUT2D eigenvalue weighted by atomic mass is 10.3. The molecular formula is C9H11F2NO2. The first-order chi connectivity index (χ1) is 6.63. The van der Waals surface area contributed by atoms with Crippen LogP contribution >= 0.6 is 0 Å². The molecule has 0 aliphatic rings. The van der Waals surface area contributed by atoms with E-state index >= 15 is 0 Å². The van der Waals surface area contributed by atoms with Crippen LogP contribution in [0.2, 0.25) is 0 Å². The van der Waals surface area contributed by atoms with Gasteiger partial charge in [-0.05, 0) is 12.1 Å². The lowest BCUT2D eigenvalue weighted by molar-refractivity contribution is 0.105. The lowest BCUT2D eigenvalue weighted by Gasteiger charge is -2.09. The molecule has 0 saturated heterocycles. The third kappa shape index (κ3) is 2.93. The van der Waals surface area contributed by atoms with Crippen molar-refractivity contribution in [3.63, 3.8) is 0 Å². The van der Waals surface area contributed by atoms with Crippen molar-refractivity contribution in [1.82, 2.24) is 0 Å². The van der Waals surface area contributed by atoms with Crippen molar-refractivity contribution in [3.8, 4) is 0 Å². The van der Waals surface area contributed by atoms with Crippen LogP contribution in [0.3, 0.4) is 0 Å². The van der Waals surface area contributed by atoms with Crippen LogP contribution in [-0.4, -0.2) is 29.5 Å². The van der Waals surface area contributed by atoms with Crippen LogP contribution in [0, 0.1) is 11.6 Å². The fraction of sp³-hybridized carbons (Fsp3) is 0.333. The van der Waals surface area contributed by atoms with Gasteiger partial charge in [0.2, 0.25) is 0 Å². The van der Waals surface area contributed by atoms with Gasteiger partial charge in [0.15, 0.2) is 11.6 Å². The molecule has 1 unspecified atom stereocenters. The highest BCUT2D eigenvalue weighted by atomic mass is 19.2. The molecule has 3 nitrogen and oxygen atoms in total. The molecule has 0 amide bonds. The summed E-state index contributed by atoms with van der Waals surface area (Å²) in [5.41, 5.74) is 0.358. The Balaban J connectivity index is 2.55. The molecule has 1 aromatic rings. The minimum atomic E-state index is -0.950. The summed E-state index contributed by atoms with van der Waals surface area (Å²) in [4.78, 5) is 0. The molecule has 0 saturated carbocycles. The van der Waals surface area contributed by atoms with E-state index in [2.05, 4.69) is 5.32 Å². The Kier molecular flexibility index (Phi) is 3.79. The van der Waals surface area contributed by atoms with Crippen LogP contribution in [0.5, 0.6) is 0 Å². The summed E-state index contributed by atoms with van der Waals surface area (Å²) in [7, 11) is 0. The van der Waals surface area contributed by atoms with Crippen LogP contribution in [0.4, 0.5) is 14.5 Å². The monoisotopic (exact) mass is 203 g/mol. The Bertz CT molecular complexity index is 307. The van der Waals surface area contributed by atoms with Crippen molar-refractivity contribution < 1.29 is 19.0 Å². The second kappa shape index (κ2) is 4.88. The molecule has 0 fully saturated rings. The minimum absolute atomic E-state index is 0.0849. The summed E-state index contributed by atoms with van der Waals surface area (Å²) in [5.74, 6) is -1.87. The van der Waals surface area contributed by atoms with Crippen LogP contribution in [-0.2, 0) is 0 Å². The van der Waals surface area contributed by atoms with E-state index in [1.54, 1.807) is 0 Å². The first kappa shape index (κ1) is 10.9. The molecule has 1 aromatic carbocycles. The molecule has 0 radical (unpaired) electrons. The summed E-state index contributed by atoms with van der Waals surface area (Å²) >= 11 is 0. The third-order valence-electron chi connectivity index (χ3n) is 1.67. The third-order valence-corrected chi connectivity index (χ3v) is 1.67. The number of halogens is 2. The molecule has 0 spiro atoms. The molecule has 0 aliphatic heterocycles. The van der Waals surface area contributed by atoms with Crippen LogP contribution < -0.4 is 5.32 Å². The Morgan fingerprint density at radius 1 is 1.29 bits per heavy atom. The van der Waals surface area contributed by atoms with Crippen LogP contribution in [0.15, 0.2) is 18.2 Å². The van der Waals surface area contributed by atoms with E-state index in [1.165, 1.54) is 6.07 Å². The fourth-order valence-electron chi connectivity index (χ4n) is 0.906. The molecule has 0 aromatic heterocycles. The maximum atomic E-state index is 12.7. The van der Waals surface area contributed by atoms with Crippen molar-refractivity contribution in [3.05, 3.63) is 29.8 Å². The zero-order chi connectivity index (χ0) is 10.6. The number of rotatable bonds is 4. The van der Waals surface area contributed by atoms with Gasteiger partial charge in [0.1, 0.15) is 0 Å². The predicted octanol–water partition coefficient (Wildman–Crippen LogP) is 0.730. The van der Waals surface area contributed by atoms with E-state index in [4.69, 9.17) is 10.2 Å². The number of aliphatic hydroxyl groups excluding tert-OH is 2. The zero-order valence-electron chi connectivity index (χ0n) is 7.37. The van der Waals surface area contributed by atoms with Gasteiger partial charge >= 0.3 is 0 Å². The van der Waals surface area contributed by atoms with Crippen LogP contribution in [0.1, 0.15) is 0 Å². The maximum absolute atomic E-state index is 12.7. The highest BCUT2D eigenvalue weighted by Gasteiger charge is 2.04. The normalized spacial score (nSPS) is 12.6. The summed E-state index contributed by atoms with van der Waals surface area (Å²) in [6, 6.07) is 3.32. The van der Waals surface area contributed by atoms with Gasteiger partial charge in [0.05, 0.1) is 12.7 Å². The van der Waals surface area contributed by atoms with Crippen LogP contribution in [0.25, 0.3) is 0 Å². The molecule has 3 N–H and O–H groups in total. The van der Waals surface area contributed by atoms with Gasteiger partial charge in [-0.1, -0.05) is 0 Å². The first-order valence-corrected chi connectivity index (χ1v) is 4.11. The quantitative estimate of drug-likeness (QED) is 0.676. The summed E-state index contributed by atoms with van der Waals surface area (Å²) in [6.45, 7) is -0.293. The Morgan fingerprint density at radius 3 is 2.57 bits per heavy atom. The van der Waals surface area contributed by atoms with E-state index in [0.717, 1.165) is 12.1 Å². The summed E-state index contributed by atoms with van der Waals surface area (Å²) in [5, 5.41) is 20.1. The fourth-order valence-corrected chi connectivity index (χ4v) is 0.906. The second-order valence-electron chi connectivity index (χ2n) is 2.85. The zero-order valence-corrected chi connectivity index (χ0v) is 7.37. The summed E-state index contributed by atoms with van der Waals surface area (Å²) in [6.07, 6.45) is -0.914. The maximum Gasteiger partial charge on any atom is 0.160 e. The van der Waals surface area contributed by atoms with Gasteiger partial charge < -0.3 is 15.5 Å². The van der Waals surface area contributed by atoms with Crippen molar-refractivity contribution >= 4 is 5.69 Å². The Morgan fingerprint density at radius 2 is 2.00 bits per heavy atom. The lowest BCUT2D eigenvalue weighted by Crippen LogP contribution is -2.22.